The van der Waals surface area contributed by atoms with Crippen LogP contribution in [0, 0.1) is 0 Å². The van der Waals surface area contributed by atoms with Crippen LogP contribution in [0.25, 0.3) is 11.3 Å². The van der Waals surface area contributed by atoms with E-state index in [1.807, 2.05) is 38.4 Å². The normalized spacial score (nSPS) is 17.5. The van der Waals surface area contributed by atoms with Gasteiger partial charge in [-0.05, 0) is 37.4 Å². The molecule has 0 radical (unpaired) electrons. The van der Waals surface area contributed by atoms with Crippen molar-refractivity contribution in [2.24, 2.45) is 0 Å². The number of pyridine rings is 1. The Kier molecular flexibility index (Phi) is 7.51. The summed E-state index contributed by atoms with van der Waals surface area (Å²) in [6.45, 7) is 5.01. The molecule has 37 heavy (non-hydrogen) atoms. The fourth-order valence-electron chi connectivity index (χ4n) is 4.30. The average molecular weight is 525 g/mol. The first-order valence-corrected chi connectivity index (χ1v) is 13.8. The number of benzene rings is 1. The van der Waals surface area contributed by atoms with Crippen LogP contribution in [0.5, 0.6) is 0 Å². The van der Waals surface area contributed by atoms with Crippen LogP contribution < -0.4 is 15.5 Å². The topological polar surface area (TPSA) is 116 Å². The summed E-state index contributed by atoms with van der Waals surface area (Å²) in [5, 5.41) is 6.33. The van der Waals surface area contributed by atoms with Crippen LogP contribution in [-0.4, -0.2) is 99.2 Å². The summed E-state index contributed by atoms with van der Waals surface area (Å²) in [6, 6.07) is 12.6. The number of rotatable bonds is 7. The first kappa shape index (κ1) is 25.3. The lowest BCUT2D eigenvalue weighted by Crippen LogP contribution is -2.47. The van der Waals surface area contributed by atoms with Crippen LogP contribution >= 0.6 is 0 Å². The number of aromatic nitrogens is 3. The highest BCUT2D eigenvalue weighted by molar-refractivity contribution is 7.89. The minimum atomic E-state index is -3.59. The molecule has 5 rings (SSSR count). The van der Waals surface area contributed by atoms with Gasteiger partial charge in [-0.1, -0.05) is 6.07 Å². The molecule has 3 aromatic rings. The number of likely N-dealkylation sites (N-methyl/N-ethyl adjacent to an activating group) is 1. The van der Waals surface area contributed by atoms with Crippen molar-refractivity contribution in [3.8, 4) is 11.3 Å². The molecule has 0 bridgehead atoms. The van der Waals surface area contributed by atoms with Gasteiger partial charge in [-0.25, -0.2) is 18.4 Å². The third-order valence-corrected chi connectivity index (χ3v) is 8.42. The molecule has 0 unspecified atom stereocenters. The largest absolute Gasteiger partial charge is 0.378 e. The van der Waals surface area contributed by atoms with E-state index in [-0.39, 0.29) is 4.90 Å². The lowest BCUT2D eigenvalue weighted by atomic mass is 10.2. The second kappa shape index (κ2) is 11.0. The molecule has 0 amide bonds. The third-order valence-electron chi connectivity index (χ3n) is 6.53. The summed E-state index contributed by atoms with van der Waals surface area (Å²) in [4.78, 5) is 18.4. The Labute approximate surface area is 217 Å². The highest BCUT2D eigenvalue weighted by atomic mass is 32.2. The number of nitrogens with zero attached hydrogens (tertiary/aromatic N) is 6. The summed E-state index contributed by atoms with van der Waals surface area (Å²) in [7, 11) is 0.238. The number of sulfonamides is 1. The number of nitrogens with one attached hydrogen (secondary N) is 2. The summed E-state index contributed by atoms with van der Waals surface area (Å²) >= 11 is 0. The van der Waals surface area contributed by atoms with E-state index in [4.69, 9.17) is 14.7 Å². The first-order chi connectivity index (χ1) is 17.9. The van der Waals surface area contributed by atoms with Gasteiger partial charge in [-0.2, -0.15) is 9.29 Å². The summed E-state index contributed by atoms with van der Waals surface area (Å²) < 4.78 is 33.6. The maximum Gasteiger partial charge on any atom is 0.243 e. The Hall–Kier alpha value is -3.32. The fourth-order valence-corrected chi connectivity index (χ4v) is 5.77. The Morgan fingerprint density at radius 2 is 1.70 bits per heavy atom. The molecule has 0 spiro atoms. The van der Waals surface area contributed by atoms with Gasteiger partial charge in [0.2, 0.25) is 16.0 Å². The lowest BCUT2D eigenvalue weighted by molar-refractivity contribution is 0.122. The molecule has 2 aliphatic heterocycles. The van der Waals surface area contributed by atoms with Gasteiger partial charge < -0.3 is 25.2 Å². The zero-order valence-electron chi connectivity index (χ0n) is 21.1. The maximum absolute atomic E-state index is 13.3. The van der Waals surface area contributed by atoms with Gasteiger partial charge in [0, 0.05) is 69.8 Å². The minimum absolute atomic E-state index is 0.261. The third kappa shape index (κ3) is 5.82. The van der Waals surface area contributed by atoms with E-state index >= 15 is 0 Å². The van der Waals surface area contributed by atoms with Crippen molar-refractivity contribution in [3.63, 3.8) is 0 Å². The van der Waals surface area contributed by atoms with Crippen LogP contribution in [-0.2, 0) is 14.8 Å². The van der Waals surface area contributed by atoms with Crippen LogP contribution in [0.4, 0.5) is 23.3 Å². The van der Waals surface area contributed by atoms with Crippen LogP contribution in [0.3, 0.4) is 0 Å². The molecule has 2 aromatic heterocycles. The highest BCUT2D eigenvalue weighted by Crippen LogP contribution is 2.27. The highest BCUT2D eigenvalue weighted by Gasteiger charge is 2.27. The molecule has 4 heterocycles. The van der Waals surface area contributed by atoms with Gasteiger partial charge >= 0.3 is 0 Å². The minimum Gasteiger partial charge on any atom is -0.378 e. The predicted molar refractivity (Wildman–Crippen MR) is 144 cm³/mol. The number of ether oxygens (including phenoxy) is 1. The second-order valence-corrected chi connectivity index (χ2v) is 11.0. The molecule has 196 valence electrons. The van der Waals surface area contributed by atoms with Gasteiger partial charge in [0.05, 0.1) is 23.8 Å². The van der Waals surface area contributed by atoms with E-state index in [2.05, 4.69) is 25.4 Å². The van der Waals surface area contributed by atoms with E-state index in [1.165, 1.54) is 0 Å². The van der Waals surface area contributed by atoms with Crippen molar-refractivity contribution < 1.29 is 13.2 Å². The molecule has 0 aliphatic carbocycles. The molecule has 2 fully saturated rings. The SMILES string of the molecule is CNc1ccc(-c2cc(Nc3cccc(S(=O)(=O)N4CCN(C)CC4)c3)nc(N3CCOCC3)n2)cn1. The van der Waals surface area contributed by atoms with Gasteiger partial charge in [-0.15, -0.1) is 0 Å². The maximum atomic E-state index is 13.3. The molecule has 2 saturated heterocycles. The van der Waals surface area contributed by atoms with Crippen molar-refractivity contribution in [3.05, 3.63) is 48.7 Å². The van der Waals surface area contributed by atoms with Crippen molar-refractivity contribution >= 4 is 33.3 Å². The molecule has 0 atom stereocenters. The zero-order chi connectivity index (χ0) is 25.8. The first-order valence-electron chi connectivity index (χ1n) is 12.3. The Balaban J connectivity index is 1.45. The van der Waals surface area contributed by atoms with Crippen molar-refractivity contribution in [2.45, 2.75) is 4.90 Å². The monoisotopic (exact) mass is 524 g/mol. The van der Waals surface area contributed by atoms with Gasteiger partial charge in [-0.3, -0.25) is 0 Å². The second-order valence-electron chi connectivity index (χ2n) is 9.08. The number of morpholine rings is 1. The molecular weight excluding hydrogens is 492 g/mol. The van der Waals surface area contributed by atoms with E-state index in [1.54, 1.807) is 28.7 Å². The lowest BCUT2D eigenvalue weighted by Gasteiger charge is -2.31. The van der Waals surface area contributed by atoms with Crippen LogP contribution in [0.15, 0.2) is 53.6 Å². The van der Waals surface area contributed by atoms with Crippen LogP contribution in [0.1, 0.15) is 0 Å². The number of anilines is 4. The Bertz CT molecular complexity index is 1320. The quantitative estimate of drug-likeness (QED) is 0.476. The Morgan fingerprint density at radius 3 is 2.41 bits per heavy atom. The van der Waals surface area contributed by atoms with E-state index in [9.17, 15) is 8.42 Å². The van der Waals surface area contributed by atoms with Crippen molar-refractivity contribution in [1.82, 2.24) is 24.2 Å². The summed E-state index contributed by atoms with van der Waals surface area (Å²) in [5.41, 5.74) is 2.21. The van der Waals surface area contributed by atoms with Crippen molar-refractivity contribution in [2.75, 3.05) is 82.1 Å². The average Bonchev–Trinajstić information content (AvgIpc) is 2.94. The molecule has 11 nitrogen and oxygen atoms in total. The number of hydrogen-bond acceptors (Lipinski definition) is 10. The van der Waals surface area contributed by atoms with Crippen LogP contribution in [0.2, 0.25) is 0 Å². The van der Waals surface area contributed by atoms with Gasteiger partial charge in [0.25, 0.3) is 0 Å². The van der Waals surface area contributed by atoms with Gasteiger partial charge in [0.15, 0.2) is 0 Å². The predicted octanol–water partition coefficient (Wildman–Crippen LogP) is 2.10. The van der Waals surface area contributed by atoms with Gasteiger partial charge in [0.1, 0.15) is 11.6 Å². The molecule has 12 heteroatoms. The molecule has 1 aromatic carbocycles. The summed E-state index contributed by atoms with van der Waals surface area (Å²) in [6.07, 6.45) is 1.77. The zero-order valence-corrected chi connectivity index (χ0v) is 21.9. The molecule has 2 aliphatic rings. The standard InChI is InChI=1S/C25H32N8O3S/c1-26-23-7-6-19(18-27-23)22-17-24(30-25(29-22)32-12-14-36-15-13-32)28-20-4-3-5-21(16-20)37(34,35)33-10-8-31(2)9-11-33/h3-7,16-18H,8-15H2,1-2H3,(H,26,27)(H,28,29,30). The molecule has 0 saturated carbocycles. The van der Waals surface area contributed by atoms with E-state index in [0.717, 1.165) is 30.2 Å². The number of piperazine rings is 1. The summed E-state index contributed by atoms with van der Waals surface area (Å²) in [5.74, 6) is 1.92. The Morgan fingerprint density at radius 1 is 0.919 bits per heavy atom. The van der Waals surface area contributed by atoms with E-state index in [0.29, 0.717) is 56.8 Å². The molecular formula is C25H32N8O3S. The molecule has 2 N–H and O–H groups in total. The van der Waals surface area contributed by atoms with E-state index < -0.39 is 10.0 Å². The number of hydrogen-bond donors (Lipinski definition) is 2. The fraction of sp³-hybridized carbons (Fsp3) is 0.400. The van der Waals surface area contributed by atoms with Crippen molar-refractivity contribution in [1.29, 1.82) is 0 Å². The smallest absolute Gasteiger partial charge is 0.243 e.